The highest BCUT2D eigenvalue weighted by Gasteiger charge is 2.26. The van der Waals surface area contributed by atoms with E-state index in [2.05, 4.69) is 11.4 Å². The van der Waals surface area contributed by atoms with E-state index in [1.807, 2.05) is 28.5 Å². The molecule has 6 nitrogen and oxygen atoms in total. The number of thiophene rings is 1. The average Bonchev–Trinajstić information content (AvgIpc) is 3.31. The fraction of sp³-hybridized carbons (Fsp3) is 0.389. The summed E-state index contributed by atoms with van der Waals surface area (Å²) in [6, 6.07) is 9.61. The molecular weight excluding hydrogens is 340 g/mol. The van der Waals surface area contributed by atoms with E-state index >= 15 is 0 Å². The first-order chi connectivity index (χ1) is 12.3. The Labute approximate surface area is 150 Å². The third-order valence-corrected chi connectivity index (χ3v) is 5.28. The first kappa shape index (κ1) is 16.2. The zero-order valence-electron chi connectivity index (χ0n) is 13.8. The molecular formula is C18H20N2O4S. The molecule has 1 aromatic carbocycles. The number of carbonyl (C=O) groups excluding carboxylic acids is 1. The van der Waals surface area contributed by atoms with Crippen molar-refractivity contribution in [3.8, 4) is 11.5 Å². The topological polar surface area (TPSA) is 60.0 Å². The molecule has 7 heteroatoms. The number of ether oxygens (including phenoxy) is 3. The van der Waals surface area contributed by atoms with Crippen molar-refractivity contribution < 1.29 is 19.0 Å². The first-order valence-electron chi connectivity index (χ1n) is 8.37. The zero-order chi connectivity index (χ0) is 17.1. The van der Waals surface area contributed by atoms with E-state index < -0.39 is 0 Å². The van der Waals surface area contributed by atoms with E-state index in [9.17, 15) is 4.79 Å². The Bertz CT molecular complexity index is 729. The molecule has 25 heavy (non-hydrogen) atoms. The Morgan fingerprint density at radius 3 is 2.84 bits per heavy atom. The fourth-order valence-corrected chi connectivity index (χ4v) is 3.81. The SMILES string of the molecule is O=C(Nc1ccc2c(c1)OCO2)N(Cc1cccs1)C1CCOCC1. The molecule has 2 aromatic rings. The molecule has 0 bridgehead atoms. The van der Waals surface area contributed by atoms with Gasteiger partial charge in [-0.05, 0) is 36.4 Å². The van der Waals surface area contributed by atoms with Gasteiger partial charge >= 0.3 is 6.03 Å². The van der Waals surface area contributed by atoms with Gasteiger partial charge in [-0.2, -0.15) is 0 Å². The number of nitrogens with zero attached hydrogens (tertiary/aromatic N) is 1. The van der Waals surface area contributed by atoms with Gasteiger partial charge in [0.25, 0.3) is 0 Å². The lowest BCUT2D eigenvalue weighted by Crippen LogP contribution is -2.44. The van der Waals surface area contributed by atoms with Gasteiger partial charge < -0.3 is 24.4 Å². The van der Waals surface area contributed by atoms with Crippen LogP contribution in [-0.2, 0) is 11.3 Å². The normalized spacial score (nSPS) is 16.6. The van der Waals surface area contributed by atoms with Crippen LogP contribution in [0.5, 0.6) is 11.5 Å². The van der Waals surface area contributed by atoms with E-state index in [0.29, 0.717) is 36.9 Å². The number of amides is 2. The molecule has 3 heterocycles. The number of hydrogen-bond acceptors (Lipinski definition) is 5. The molecule has 2 aliphatic heterocycles. The highest BCUT2D eigenvalue weighted by atomic mass is 32.1. The second-order valence-electron chi connectivity index (χ2n) is 6.05. The second-order valence-corrected chi connectivity index (χ2v) is 7.08. The van der Waals surface area contributed by atoms with Crippen LogP contribution in [0.3, 0.4) is 0 Å². The number of urea groups is 1. The van der Waals surface area contributed by atoms with Gasteiger partial charge in [-0.1, -0.05) is 6.07 Å². The Kier molecular flexibility index (Phi) is 4.76. The molecule has 0 aliphatic carbocycles. The van der Waals surface area contributed by atoms with Crippen molar-refractivity contribution in [1.29, 1.82) is 0 Å². The van der Waals surface area contributed by atoms with Crippen LogP contribution in [0.25, 0.3) is 0 Å². The number of rotatable bonds is 4. The summed E-state index contributed by atoms with van der Waals surface area (Å²) in [5, 5.41) is 5.03. The van der Waals surface area contributed by atoms with Crippen LogP contribution in [-0.4, -0.2) is 37.0 Å². The molecule has 1 saturated heterocycles. The molecule has 1 N–H and O–H groups in total. The van der Waals surface area contributed by atoms with E-state index in [0.717, 1.165) is 12.8 Å². The van der Waals surface area contributed by atoms with Gasteiger partial charge in [-0.25, -0.2) is 4.79 Å². The van der Waals surface area contributed by atoms with Crippen LogP contribution in [0.15, 0.2) is 35.7 Å². The molecule has 2 aliphatic rings. The molecule has 0 unspecified atom stereocenters. The number of nitrogens with one attached hydrogen (secondary N) is 1. The van der Waals surface area contributed by atoms with E-state index in [4.69, 9.17) is 14.2 Å². The molecule has 132 valence electrons. The summed E-state index contributed by atoms with van der Waals surface area (Å²) in [5.41, 5.74) is 0.706. The lowest BCUT2D eigenvalue weighted by molar-refractivity contribution is 0.0462. The van der Waals surface area contributed by atoms with Crippen molar-refractivity contribution in [2.75, 3.05) is 25.3 Å². The highest BCUT2D eigenvalue weighted by Crippen LogP contribution is 2.34. The quantitative estimate of drug-likeness (QED) is 0.903. The maximum Gasteiger partial charge on any atom is 0.322 e. The molecule has 0 spiro atoms. The monoisotopic (exact) mass is 360 g/mol. The van der Waals surface area contributed by atoms with Gasteiger partial charge in [0.05, 0.1) is 6.54 Å². The summed E-state index contributed by atoms with van der Waals surface area (Å²) in [6.45, 7) is 2.23. The predicted octanol–water partition coefficient (Wildman–Crippen LogP) is 3.69. The average molecular weight is 360 g/mol. The lowest BCUT2D eigenvalue weighted by atomic mass is 10.1. The van der Waals surface area contributed by atoms with Crippen molar-refractivity contribution in [1.82, 2.24) is 4.90 Å². The van der Waals surface area contributed by atoms with Crippen LogP contribution >= 0.6 is 11.3 Å². The third kappa shape index (κ3) is 3.72. The molecule has 0 saturated carbocycles. The van der Waals surface area contributed by atoms with Gasteiger partial charge in [0.2, 0.25) is 6.79 Å². The summed E-state index contributed by atoms with van der Waals surface area (Å²) >= 11 is 1.67. The third-order valence-electron chi connectivity index (χ3n) is 4.42. The predicted molar refractivity (Wildman–Crippen MR) is 95.3 cm³/mol. The minimum absolute atomic E-state index is 0.0980. The largest absolute Gasteiger partial charge is 0.454 e. The maximum atomic E-state index is 12.9. The summed E-state index contributed by atoms with van der Waals surface area (Å²) < 4.78 is 16.1. The lowest BCUT2D eigenvalue weighted by Gasteiger charge is -2.34. The molecule has 0 radical (unpaired) electrons. The van der Waals surface area contributed by atoms with Crippen molar-refractivity contribution in [2.24, 2.45) is 0 Å². The first-order valence-corrected chi connectivity index (χ1v) is 9.25. The van der Waals surface area contributed by atoms with Crippen LogP contribution in [0.4, 0.5) is 10.5 Å². The van der Waals surface area contributed by atoms with Crippen molar-refractivity contribution in [3.05, 3.63) is 40.6 Å². The zero-order valence-corrected chi connectivity index (χ0v) is 14.6. The minimum atomic E-state index is -0.0980. The standard InChI is InChI=1S/C18H20N2O4S/c21-18(19-13-3-4-16-17(10-13)24-12-23-16)20(11-15-2-1-9-25-15)14-5-7-22-8-6-14/h1-4,9-10,14H,5-8,11-12H2,(H,19,21). The van der Waals surface area contributed by atoms with E-state index in [-0.39, 0.29) is 18.9 Å². The van der Waals surface area contributed by atoms with Gasteiger partial charge in [0.1, 0.15) is 0 Å². The Balaban J connectivity index is 1.50. The van der Waals surface area contributed by atoms with Crippen LogP contribution < -0.4 is 14.8 Å². The van der Waals surface area contributed by atoms with Gasteiger partial charge in [0, 0.05) is 35.9 Å². The second kappa shape index (κ2) is 7.33. The van der Waals surface area contributed by atoms with Crippen LogP contribution in [0, 0.1) is 0 Å². The number of hydrogen-bond donors (Lipinski definition) is 1. The smallest absolute Gasteiger partial charge is 0.322 e. The molecule has 2 amide bonds. The molecule has 4 rings (SSSR count). The molecule has 1 aromatic heterocycles. The summed E-state index contributed by atoms with van der Waals surface area (Å²) in [7, 11) is 0. The number of fused-ring (bicyclic) bond motifs is 1. The highest BCUT2D eigenvalue weighted by molar-refractivity contribution is 7.09. The summed E-state index contributed by atoms with van der Waals surface area (Å²) in [6.07, 6.45) is 1.72. The number of anilines is 1. The van der Waals surface area contributed by atoms with Gasteiger partial charge in [-0.15, -0.1) is 11.3 Å². The minimum Gasteiger partial charge on any atom is -0.454 e. The maximum absolute atomic E-state index is 12.9. The van der Waals surface area contributed by atoms with Gasteiger partial charge in [-0.3, -0.25) is 0 Å². The van der Waals surface area contributed by atoms with E-state index in [1.165, 1.54) is 4.88 Å². The van der Waals surface area contributed by atoms with Gasteiger partial charge in [0.15, 0.2) is 11.5 Å². The number of benzene rings is 1. The van der Waals surface area contributed by atoms with E-state index in [1.54, 1.807) is 17.4 Å². The Hall–Kier alpha value is -2.25. The summed E-state index contributed by atoms with van der Waals surface area (Å²) in [5.74, 6) is 1.37. The van der Waals surface area contributed by atoms with Crippen molar-refractivity contribution >= 4 is 23.1 Å². The summed E-state index contributed by atoms with van der Waals surface area (Å²) in [4.78, 5) is 16.0. The van der Waals surface area contributed by atoms with Crippen LogP contribution in [0.2, 0.25) is 0 Å². The molecule has 0 atom stereocenters. The fourth-order valence-electron chi connectivity index (χ4n) is 3.10. The van der Waals surface area contributed by atoms with Crippen molar-refractivity contribution in [3.63, 3.8) is 0 Å². The Morgan fingerprint density at radius 1 is 1.20 bits per heavy atom. The van der Waals surface area contributed by atoms with Crippen molar-refractivity contribution in [2.45, 2.75) is 25.4 Å². The van der Waals surface area contributed by atoms with Crippen LogP contribution in [0.1, 0.15) is 17.7 Å². The number of carbonyl (C=O) groups is 1. The molecule has 1 fully saturated rings. The Morgan fingerprint density at radius 2 is 2.04 bits per heavy atom.